The Labute approximate surface area is 102 Å². The molecular weight excluding hydrogens is 238 g/mol. The van der Waals surface area contributed by atoms with E-state index < -0.39 is 11.2 Å². The number of nitrogens with zero attached hydrogens (tertiary/aromatic N) is 1. The van der Waals surface area contributed by atoms with E-state index in [1.54, 1.807) is 12.1 Å². The van der Waals surface area contributed by atoms with Crippen molar-refractivity contribution in [3.05, 3.63) is 56.9 Å². The number of aromatic amines is 2. The molecular formula is C11H9N3O2S. The highest BCUT2D eigenvalue weighted by atomic mass is 32.1. The van der Waals surface area contributed by atoms with Crippen LogP contribution in [0.3, 0.4) is 0 Å². The predicted molar refractivity (Wildman–Crippen MR) is 68.6 cm³/mol. The van der Waals surface area contributed by atoms with E-state index in [0.29, 0.717) is 0 Å². The molecule has 1 heterocycles. The summed E-state index contributed by atoms with van der Waals surface area (Å²) in [6.07, 6.45) is 1.40. The third-order valence-electron chi connectivity index (χ3n) is 2.04. The number of benzene rings is 1. The van der Waals surface area contributed by atoms with Gasteiger partial charge in [0.15, 0.2) is 0 Å². The Hall–Kier alpha value is -2.08. The van der Waals surface area contributed by atoms with Crippen molar-refractivity contribution in [2.75, 3.05) is 0 Å². The first-order valence-corrected chi connectivity index (χ1v) is 5.26. The summed E-state index contributed by atoms with van der Waals surface area (Å²) in [5.74, 6) is 0. The van der Waals surface area contributed by atoms with E-state index in [1.165, 1.54) is 6.21 Å². The number of para-hydroxylation sites is 1. The molecule has 2 rings (SSSR count). The highest BCUT2D eigenvalue weighted by Gasteiger charge is 2.02. The van der Waals surface area contributed by atoms with Gasteiger partial charge in [0.25, 0.3) is 5.56 Å². The van der Waals surface area contributed by atoms with Gasteiger partial charge in [-0.3, -0.25) is 14.8 Å². The summed E-state index contributed by atoms with van der Waals surface area (Å²) >= 11 is 4.00. The molecule has 0 fully saturated rings. The van der Waals surface area contributed by atoms with E-state index in [-0.39, 0.29) is 10.6 Å². The Bertz CT molecular complexity index is 658. The van der Waals surface area contributed by atoms with Crippen molar-refractivity contribution in [3.8, 4) is 0 Å². The van der Waals surface area contributed by atoms with Gasteiger partial charge in [-0.05, 0) is 12.1 Å². The topological polar surface area (TPSA) is 78.1 Å². The molecule has 0 aliphatic heterocycles. The number of nitrogens with one attached hydrogen (secondary N) is 2. The average molecular weight is 247 g/mol. The minimum atomic E-state index is -0.581. The summed E-state index contributed by atoms with van der Waals surface area (Å²) < 4.78 is 0. The number of hydrogen-bond acceptors (Lipinski definition) is 4. The molecule has 2 N–H and O–H groups in total. The second-order valence-corrected chi connectivity index (χ2v) is 3.71. The van der Waals surface area contributed by atoms with Crippen LogP contribution in [0.5, 0.6) is 0 Å². The molecule has 86 valence electrons. The van der Waals surface area contributed by atoms with Crippen LogP contribution in [-0.2, 0) is 0 Å². The van der Waals surface area contributed by atoms with Gasteiger partial charge in [-0.1, -0.05) is 18.2 Å². The van der Waals surface area contributed by atoms with Crippen LogP contribution in [0.15, 0.2) is 49.8 Å². The lowest BCUT2D eigenvalue weighted by Gasteiger charge is -1.96. The molecule has 0 radical (unpaired) electrons. The van der Waals surface area contributed by atoms with Gasteiger partial charge in [-0.2, -0.15) is 0 Å². The van der Waals surface area contributed by atoms with Gasteiger partial charge in [0.1, 0.15) is 0 Å². The first-order valence-electron chi connectivity index (χ1n) is 4.81. The highest BCUT2D eigenvalue weighted by molar-refractivity contribution is 7.80. The number of H-pyrrole nitrogens is 2. The monoisotopic (exact) mass is 247 g/mol. The van der Waals surface area contributed by atoms with Crippen LogP contribution in [0.4, 0.5) is 5.69 Å². The summed E-state index contributed by atoms with van der Waals surface area (Å²) in [5, 5.41) is 0. The van der Waals surface area contributed by atoms with Crippen molar-refractivity contribution < 1.29 is 0 Å². The van der Waals surface area contributed by atoms with Crippen molar-refractivity contribution in [2.24, 2.45) is 4.99 Å². The second-order valence-electron chi connectivity index (χ2n) is 3.26. The SMILES string of the molecule is O=c1[nH]c(C=Nc2ccccc2)c(S)c(=O)[nH]1. The van der Waals surface area contributed by atoms with Gasteiger partial charge in [0.05, 0.1) is 22.5 Å². The lowest BCUT2D eigenvalue weighted by atomic mass is 10.3. The van der Waals surface area contributed by atoms with E-state index >= 15 is 0 Å². The number of aliphatic imine (C=N–C) groups is 1. The van der Waals surface area contributed by atoms with Crippen LogP contribution < -0.4 is 11.2 Å². The molecule has 0 amide bonds. The maximum absolute atomic E-state index is 11.3. The first-order chi connectivity index (χ1) is 8.16. The Morgan fingerprint density at radius 2 is 1.82 bits per heavy atom. The molecule has 2 aromatic rings. The Kier molecular flexibility index (Phi) is 3.24. The smallest absolute Gasteiger partial charge is 0.305 e. The third kappa shape index (κ3) is 2.73. The zero-order valence-corrected chi connectivity index (χ0v) is 9.57. The second kappa shape index (κ2) is 4.84. The molecule has 0 unspecified atom stereocenters. The summed E-state index contributed by atoms with van der Waals surface area (Å²) in [6, 6.07) is 9.17. The van der Waals surface area contributed by atoms with Crippen molar-refractivity contribution in [1.29, 1.82) is 0 Å². The zero-order valence-electron chi connectivity index (χ0n) is 8.68. The number of aromatic nitrogens is 2. The van der Waals surface area contributed by atoms with E-state index in [1.807, 2.05) is 18.2 Å². The predicted octanol–water partition coefficient (Wildman–Crippen LogP) is 1.10. The molecule has 0 atom stereocenters. The van der Waals surface area contributed by atoms with Gasteiger partial charge >= 0.3 is 5.69 Å². The molecule has 6 heteroatoms. The summed E-state index contributed by atoms with van der Waals surface area (Å²) in [5.41, 5.74) is -0.110. The van der Waals surface area contributed by atoms with Gasteiger partial charge in [-0.25, -0.2) is 4.79 Å². The van der Waals surface area contributed by atoms with Crippen molar-refractivity contribution in [3.63, 3.8) is 0 Å². The molecule has 1 aromatic carbocycles. The maximum atomic E-state index is 11.3. The summed E-state index contributed by atoms with van der Waals surface area (Å²) in [7, 11) is 0. The molecule has 1 aromatic heterocycles. The normalized spacial score (nSPS) is 10.9. The van der Waals surface area contributed by atoms with Crippen LogP contribution in [0, 0.1) is 0 Å². The van der Waals surface area contributed by atoms with Gasteiger partial charge in [0.2, 0.25) is 0 Å². The van der Waals surface area contributed by atoms with Crippen molar-refractivity contribution >= 4 is 24.5 Å². The maximum Gasteiger partial charge on any atom is 0.326 e. The van der Waals surface area contributed by atoms with Crippen LogP contribution in [0.2, 0.25) is 0 Å². The minimum Gasteiger partial charge on any atom is -0.305 e. The van der Waals surface area contributed by atoms with Crippen LogP contribution in [0.1, 0.15) is 5.69 Å². The van der Waals surface area contributed by atoms with Crippen LogP contribution in [-0.4, -0.2) is 16.2 Å². The van der Waals surface area contributed by atoms with E-state index in [9.17, 15) is 9.59 Å². The van der Waals surface area contributed by atoms with E-state index in [4.69, 9.17) is 0 Å². The Balaban J connectivity index is 2.40. The zero-order chi connectivity index (χ0) is 12.3. The van der Waals surface area contributed by atoms with Gasteiger partial charge < -0.3 is 4.98 Å². The molecule has 0 saturated carbocycles. The molecule has 0 aliphatic rings. The fourth-order valence-electron chi connectivity index (χ4n) is 1.24. The van der Waals surface area contributed by atoms with E-state index in [2.05, 4.69) is 27.6 Å². The van der Waals surface area contributed by atoms with Gasteiger partial charge in [-0.15, -0.1) is 12.6 Å². The average Bonchev–Trinajstić information content (AvgIpc) is 2.33. The summed E-state index contributed by atoms with van der Waals surface area (Å²) in [6.45, 7) is 0. The lowest BCUT2D eigenvalue weighted by Crippen LogP contribution is -2.25. The van der Waals surface area contributed by atoms with Crippen LogP contribution in [0.25, 0.3) is 0 Å². The van der Waals surface area contributed by atoms with E-state index in [0.717, 1.165) is 5.69 Å². The largest absolute Gasteiger partial charge is 0.326 e. The molecule has 17 heavy (non-hydrogen) atoms. The van der Waals surface area contributed by atoms with Crippen molar-refractivity contribution in [1.82, 2.24) is 9.97 Å². The third-order valence-corrected chi connectivity index (χ3v) is 2.49. The Morgan fingerprint density at radius 1 is 1.12 bits per heavy atom. The molecule has 5 nitrogen and oxygen atoms in total. The molecule has 0 saturated heterocycles. The first kappa shape index (κ1) is 11.4. The molecule has 0 aliphatic carbocycles. The highest BCUT2D eigenvalue weighted by Crippen LogP contribution is 2.10. The quantitative estimate of drug-likeness (QED) is 0.549. The Morgan fingerprint density at radius 3 is 2.53 bits per heavy atom. The molecule has 0 spiro atoms. The number of hydrogen-bond donors (Lipinski definition) is 3. The fourth-order valence-corrected chi connectivity index (χ4v) is 1.41. The van der Waals surface area contributed by atoms with Crippen LogP contribution >= 0.6 is 12.6 Å². The summed E-state index contributed by atoms with van der Waals surface area (Å²) in [4.78, 5) is 31.1. The van der Waals surface area contributed by atoms with Crippen molar-refractivity contribution in [2.45, 2.75) is 4.90 Å². The fraction of sp³-hybridized carbons (Fsp3) is 0. The number of thiol groups is 1. The molecule has 0 bridgehead atoms. The minimum absolute atomic E-state index is 0.129. The lowest BCUT2D eigenvalue weighted by molar-refractivity contribution is 0.970. The standard InChI is InChI=1S/C11H9N3O2S/c15-10-9(17)8(13-11(16)14-10)6-12-7-4-2-1-3-5-7/h1-6,17H,(H2,13,14,15,16). The number of rotatable bonds is 2. The van der Waals surface area contributed by atoms with Gasteiger partial charge in [0, 0.05) is 0 Å².